The summed E-state index contributed by atoms with van der Waals surface area (Å²) in [7, 11) is 0. The summed E-state index contributed by atoms with van der Waals surface area (Å²) < 4.78 is 1.46. The van der Waals surface area contributed by atoms with Crippen LogP contribution in [0.25, 0.3) is 0 Å². The molecule has 1 heterocycles. The number of carboxylic acid groups (broad SMARTS) is 2. The number of amides is 1. The van der Waals surface area contributed by atoms with E-state index < -0.39 is 23.4 Å². The normalized spacial score (nSPS) is 22.8. The summed E-state index contributed by atoms with van der Waals surface area (Å²) in [5.74, 6) is -2.23. The van der Waals surface area contributed by atoms with Crippen LogP contribution in [-0.4, -0.2) is 62.1 Å². The molecular weight excluding hydrogens is 344 g/mol. The van der Waals surface area contributed by atoms with Crippen LogP contribution >= 0.6 is 16.1 Å². The number of Topliss-reactive ketones (excluding diaryl/α,β-unsaturated/α-hetero) is 1. The van der Waals surface area contributed by atoms with Crippen molar-refractivity contribution in [2.24, 2.45) is 0 Å². The second kappa shape index (κ2) is 5.82. The van der Waals surface area contributed by atoms with Crippen molar-refractivity contribution in [2.45, 2.75) is 5.54 Å². The van der Waals surface area contributed by atoms with Crippen molar-refractivity contribution < 1.29 is 24.6 Å². The lowest BCUT2D eigenvalue weighted by molar-refractivity contribution is -0.149. The minimum absolute atomic E-state index is 0.0779. The smallest absolute Gasteiger partial charge is 0.408 e. The maximum absolute atomic E-state index is 12.7. The maximum Gasteiger partial charge on any atom is 0.408 e. The van der Waals surface area contributed by atoms with E-state index in [4.69, 9.17) is 0 Å². The van der Waals surface area contributed by atoms with Crippen LogP contribution in [0, 0.1) is 0 Å². The number of aliphatic carboxylic acids is 1. The molecule has 0 aromatic heterocycles. The fourth-order valence-corrected chi connectivity index (χ4v) is 2.90. The predicted molar refractivity (Wildman–Crippen MR) is 76.4 cm³/mol. The SMILES string of the molecule is O=C(O)N1CCN(Br)CC1(C(=O)O)C(=O)c1ccccc1. The Bertz CT molecular complexity index is 579. The molecule has 2 rings (SSSR count). The molecule has 1 unspecified atom stereocenters. The van der Waals surface area contributed by atoms with E-state index in [1.165, 1.54) is 16.1 Å². The molecule has 0 bridgehead atoms. The molecule has 7 nitrogen and oxygen atoms in total. The van der Waals surface area contributed by atoms with Gasteiger partial charge in [0.05, 0.1) is 6.54 Å². The van der Waals surface area contributed by atoms with E-state index in [0.29, 0.717) is 11.4 Å². The Kier molecular flexibility index (Phi) is 4.29. The number of hydrogen-bond donors (Lipinski definition) is 2. The topological polar surface area (TPSA) is 98.2 Å². The summed E-state index contributed by atoms with van der Waals surface area (Å²) in [5, 5.41) is 18.9. The summed E-state index contributed by atoms with van der Waals surface area (Å²) in [6.45, 7) is -0.0444. The Morgan fingerprint density at radius 1 is 1.10 bits per heavy atom. The number of carboxylic acids is 1. The zero-order valence-electron chi connectivity index (χ0n) is 10.9. The van der Waals surface area contributed by atoms with Gasteiger partial charge in [0.2, 0.25) is 11.3 Å². The standard InChI is InChI=1S/C13H13BrN2O5/c14-15-6-7-16(12(20)21)13(8-15,11(18)19)10(17)9-4-2-1-3-5-9/h1-5H,6-8H2,(H,18,19)(H,20,21). The fourth-order valence-electron chi connectivity index (χ4n) is 2.37. The lowest BCUT2D eigenvalue weighted by Crippen LogP contribution is -2.70. The van der Waals surface area contributed by atoms with Crippen molar-refractivity contribution in [3.63, 3.8) is 0 Å². The average molecular weight is 357 g/mol. The summed E-state index contributed by atoms with van der Waals surface area (Å²) >= 11 is 3.15. The highest BCUT2D eigenvalue weighted by Gasteiger charge is 2.56. The second-order valence-corrected chi connectivity index (χ2v) is 5.64. The van der Waals surface area contributed by atoms with Gasteiger partial charge >= 0.3 is 12.1 Å². The number of hydrogen-bond acceptors (Lipinski definition) is 4. The molecule has 0 aliphatic carbocycles. The molecule has 1 saturated heterocycles. The molecule has 1 atom stereocenters. The van der Waals surface area contributed by atoms with Gasteiger partial charge in [-0.05, 0) is 0 Å². The number of nitrogens with zero attached hydrogens (tertiary/aromatic N) is 2. The van der Waals surface area contributed by atoms with Crippen molar-refractivity contribution in [3.05, 3.63) is 35.9 Å². The summed E-state index contributed by atoms with van der Waals surface area (Å²) in [5.41, 5.74) is -2.00. The van der Waals surface area contributed by atoms with Crippen molar-refractivity contribution >= 4 is 34.0 Å². The third-order valence-electron chi connectivity index (χ3n) is 3.42. The highest BCUT2D eigenvalue weighted by atomic mass is 79.9. The number of halogens is 1. The van der Waals surface area contributed by atoms with E-state index in [1.807, 2.05) is 0 Å². The number of piperazine rings is 1. The van der Waals surface area contributed by atoms with Crippen molar-refractivity contribution in [3.8, 4) is 0 Å². The molecule has 1 fully saturated rings. The maximum atomic E-state index is 12.7. The van der Waals surface area contributed by atoms with Gasteiger partial charge in [0.15, 0.2) is 0 Å². The molecule has 1 amide bonds. The Morgan fingerprint density at radius 3 is 2.24 bits per heavy atom. The van der Waals surface area contributed by atoms with Gasteiger partial charge in [-0.3, -0.25) is 9.69 Å². The van der Waals surface area contributed by atoms with Crippen LogP contribution in [-0.2, 0) is 4.79 Å². The van der Waals surface area contributed by atoms with E-state index in [2.05, 4.69) is 16.1 Å². The third kappa shape index (κ3) is 2.64. The molecule has 1 aliphatic rings. The lowest BCUT2D eigenvalue weighted by Gasteiger charge is -2.43. The van der Waals surface area contributed by atoms with Crippen LogP contribution in [0.5, 0.6) is 0 Å². The molecule has 0 spiro atoms. The number of benzene rings is 1. The van der Waals surface area contributed by atoms with Gasteiger partial charge in [0.1, 0.15) is 0 Å². The molecular formula is C13H13BrN2O5. The number of carbonyl (C=O) groups excluding carboxylic acids is 1. The second-order valence-electron chi connectivity index (χ2n) is 4.64. The first-order chi connectivity index (χ1) is 9.89. The summed E-state index contributed by atoms with van der Waals surface area (Å²) in [4.78, 5) is 36.6. The molecule has 21 heavy (non-hydrogen) atoms. The molecule has 112 valence electrons. The summed E-state index contributed by atoms with van der Waals surface area (Å²) in [6.07, 6.45) is -1.43. The number of carbonyl (C=O) groups is 3. The van der Waals surface area contributed by atoms with Crippen molar-refractivity contribution in [1.29, 1.82) is 0 Å². The van der Waals surface area contributed by atoms with Crippen LogP contribution in [0.2, 0.25) is 0 Å². The van der Waals surface area contributed by atoms with Crippen LogP contribution in [0.3, 0.4) is 0 Å². The van der Waals surface area contributed by atoms with Gasteiger partial charge in [0.25, 0.3) is 0 Å². The molecule has 1 aromatic carbocycles. The molecule has 8 heteroatoms. The van der Waals surface area contributed by atoms with E-state index in [-0.39, 0.29) is 18.7 Å². The molecule has 1 aliphatic heterocycles. The number of rotatable bonds is 3. The van der Waals surface area contributed by atoms with Crippen LogP contribution in [0.1, 0.15) is 10.4 Å². The zero-order chi connectivity index (χ0) is 15.6. The monoisotopic (exact) mass is 356 g/mol. The average Bonchev–Trinajstić information content (AvgIpc) is 2.46. The molecule has 2 N–H and O–H groups in total. The van der Waals surface area contributed by atoms with Crippen LogP contribution < -0.4 is 0 Å². The quantitative estimate of drug-likeness (QED) is 0.481. The fraction of sp³-hybridized carbons (Fsp3) is 0.308. The Morgan fingerprint density at radius 2 is 1.71 bits per heavy atom. The zero-order valence-corrected chi connectivity index (χ0v) is 12.5. The van der Waals surface area contributed by atoms with Crippen molar-refractivity contribution in [2.75, 3.05) is 19.6 Å². The molecule has 0 saturated carbocycles. The molecule has 1 aromatic rings. The summed E-state index contributed by atoms with van der Waals surface area (Å²) in [6, 6.07) is 7.84. The Balaban J connectivity index is 2.54. The van der Waals surface area contributed by atoms with Gasteiger partial charge in [-0.2, -0.15) is 0 Å². The first-order valence-corrected chi connectivity index (χ1v) is 6.85. The first-order valence-electron chi connectivity index (χ1n) is 6.14. The van der Waals surface area contributed by atoms with Crippen molar-refractivity contribution in [1.82, 2.24) is 8.83 Å². The van der Waals surface area contributed by atoms with E-state index in [0.717, 1.165) is 0 Å². The van der Waals surface area contributed by atoms with Gasteiger partial charge < -0.3 is 10.2 Å². The van der Waals surface area contributed by atoms with Gasteiger partial charge in [-0.1, -0.05) is 30.3 Å². The van der Waals surface area contributed by atoms with Gasteiger partial charge in [-0.25, -0.2) is 13.5 Å². The van der Waals surface area contributed by atoms with Gasteiger partial charge in [-0.15, -0.1) is 0 Å². The van der Waals surface area contributed by atoms with Crippen LogP contribution in [0.4, 0.5) is 4.79 Å². The minimum atomic E-state index is -2.16. The van der Waals surface area contributed by atoms with E-state index in [9.17, 15) is 24.6 Å². The highest BCUT2D eigenvalue weighted by Crippen LogP contribution is 2.28. The largest absolute Gasteiger partial charge is 0.479 e. The van der Waals surface area contributed by atoms with E-state index in [1.54, 1.807) is 18.2 Å². The lowest BCUT2D eigenvalue weighted by atomic mass is 9.86. The predicted octanol–water partition coefficient (Wildman–Crippen LogP) is 1.30. The Labute approximate surface area is 129 Å². The third-order valence-corrected chi connectivity index (χ3v) is 4.03. The van der Waals surface area contributed by atoms with E-state index >= 15 is 0 Å². The molecule has 0 radical (unpaired) electrons. The first kappa shape index (κ1) is 15.5. The Hall–Kier alpha value is -1.93. The van der Waals surface area contributed by atoms with Gasteiger partial charge in [0, 0.05) is 34.8 Å². The van der Waals surface area contributed by atoms with Crippen LogP contribution in [0.15, 0.2) is 30.3 Å². The number of ketones is 1. The highest BCUT2D eigenvalue weighted by molar-refractivity contribution is 9.07. The minimum Gasteiger partial charge on any atom is -0.479 e.